The van der Waals surface area contributed by atoms with Crippen LogP contribution in [0.15, 0.2) is 0 Å². The summed E-state index contributed by atoms with van der Waals surface area (Å²) in [5, 5.41) is 0. The Morgan fingerprint density at radius 3 is 2.82 bits per heavy atom. The number of hydrogen-bond donors (Lipinski definition) is 0. The van der Waals surface area contributed by atoms with Crippen LogP contribution < -0.4 is 0 Å². The van der Waals surface area contributed by atoms with Gasteiger partial charge >= 0.3 is 5.97 Å². The molecule has 1 aliphatic heterocycles. The van der Waals surface area contributed by atoms with Crippen molar-refractivity contribution in [3.05, 3.63) is 0 Å². The second-order valence-electron chi connectivity index (χ2n) is 4.60. The Hall–Kier alpha value is -0.610. The molecule has 0 N–H and O–H groups in total. The number of esters is 1. The summed E-state index contributed by atoms with van der Waals surface area (Å²) in [5.74, 6) is -0.249. The highest BCUT2D eigenvalue weighted by atomic mass is 16.6. The van der Waals surface area contributed by atoms with Crippen molar-refractivity contribution in [2.75, 3.05) is 33.4 Å². The van der Waals surface area contributed by atoms with Gasteiger partial charge in [0.15, 0.2) is 6.10 Å². The highest BCUT2D eigenvalue weighted by molar-refractivity contribution is 5.74. The van der Waals surface area contributed by atoms with Crippen LogP contribution in [0.4, 0.5) is 0 Å². The van der Waals surface area contributed by atoms with Gasteiger partial charge in [-0.1, -0.05) is 32.6 Å². The van der Waals surface area contributed by atoms with Crippen LogP contribution in [0.2, 0.25) is 0 Å². The number of hydrogen-bond acceptors (Lipinski definition) is 4. The highest BCUT2D eigenvalue weighted by Gasteiger charge is 2.26. The molecule has 0 radical (unpaired) electrons. The first kappa shape index (κ1) is 14.5. The predicted octanol–water partition coefficient (Wildman–Crippen LogP) is 1.83. The maximum atomic E-state index is 11.4. The van der Waals surface area contributed by atoms with E-state index in [1.54, 1.807) is 0 Å². The first-order chi connectivity index (χ1) is 8.27. The molecule has 1 atom stereocenters. The van der Waals surface area contributed by atoms with Gasteiger partial charge in [-0.3, -0.25) is 4.90 Å². The van der Waals surface area contributed by atoms with Crippen LogP contribution in [-0.2, 0) is 14.3 Å². The monoisotopic (exact) mass is 243 g/mol. The zero-order valence-electron chi connectivity index (χ0n) is 11.1. The third-order valence-corrected chi connectivity index (χ3v) is 3.19. The summed E-state index contributed by atoms with van der Waals surface area (Å²) >= 11 is 0. The van der Waals surface area contributed by atoms with Gasteiger partial charge in [0, 0.05) is 13.1 Å². The molecule has 0 aromatic carbocycles. The molecular weight excluding hydrogens is 218 g/mol. The van der Waals surface area contributed by atoms with E-state index in [0.29, 0.717) is 13.2 Å². The van der Waals surface area contributed by atoms with E-state index in [9.17, 15) is 4.79 Å². The lowest BCUT2D eigenvalue weighted by atomic mass is 10.1. The van der Waals surface area contributed by atoms with E-state index in [1.807, 2.05) is 0 Å². The van der Waals surface area contributed by atoms with E-state index in [0.717, 1.165) is 13.1 Å². The van der Waals surface area contributed by atoms with Gasteiger partial charge in [0.25, 0.3) is 0 Å². The highest BCUT2D eigenvalue weighted by Crippen LogP contribution is 2.09. The minimum absolute atomic E-state index is 0.249. The summed E-state index contributed by atoms with van der Waals surface area (Å²) < 4.78 is 10.1. The number of ether oxygens (including phenoxy) is 2. The van der Waals surface area contributed by atoms with Crippen LogP contribution in [0.3, 0.4) is 0 Å². The average Bonchev–Trinajstić information content (AvgIpc) is 2.38. The maximum absolute atomic E-state index is 11.4. The Kier molecular flexibility index (Phi) is 7.21. The molecule has 0 spiro atoms. The van der Waals surface area contributed by atoms with Crippen molar-refractivity contribution in [1.29, 1.82) is 0 Å². The number of carbonyl (C=O) groups is 1. The predicted molar refractivity (Wildman–Crippen MR) is 67.0 cm³/mol. The first-order valence-electron chi connectivity index (χ1n) is 6.69. The summed E-state index contributed by atoms with van der Waals surface area (Å²) in [7, 11) is 1.41. The number of methoxy groups -OCH3 is 1. The summed E-state index contributed by atoms with van der Waals surface area (Å²) in [6, 6.07) is 0. The van der Waals surface area contributed by atoms with Gasteiger partial charge in [0.2, 0.25) is 0 Å². The normalized spacial score (nSPS) is 21.4. The van der Waals surface area contributed by atoms with Gasteiger partial charge in [-0.15, -0.1) is 0 Å². The third-order valence-electron chi connectivity index (χ3n) is 3.19. The molecule has 1 heterocycles. The third kappa shape index (κ3) is 5.50. The Morgan fingerprint density at radius 1 is 1.35 bits per heavy atom. The standard InChI is InChI=1S/C13H25NO3/c1-3-4-5-6-7-8-14-9-10-17-12(11-14)13(15)16-2/h12H,3-11H2,1-2H3. The Labute approximate surface area is 104 Å². The van der Waals surface area contributed by atoms with Crippen LogP contribution in [0.5, 0.6) is 0 Å². The average molecular weight is 243 g/mol. The zero-order valence-corrected chi connectivity index (χ0v) is 11.1. The smallest absolute Gasteiger partial charge is 0.336 e. The summed E-state index contributed by atoms with van der Waals surface area (Å²) in [6.07, 6.45) is 6.04. The van der Waals surface area contributed by atoms with E-state index < -0.39 is 0 Å². The largest absolute Gasteiger partial charge is 0.467 e. The van der Waals surface area contributed by atoms with Crippen LogP contribution in [0.1, 0.15) is 39.0 Å². The second-order valence-corrected chi connectivity index (χ2v) is 4.60. The molecule has 0 saturated carbocycles. The van der Waals surface area contributed by atoms with E-state index >= 15 is 0 Å². The van der Waals surface area contributed by atoms with Crippen molar-refractivity contribution in [2.45, 2.75) is 45.1 Å². The minimum Gasteiger partial charge on any atom is -0.467 e. The number of carbonyl (C=O) groups excluding carboxylic acids is 1. The van der Waals surface area contributed by atoms with Crippen LogP contribution in [-0.4, -0.2) is 50.3 Å². The molecule has 1 saturated heterocycles. The summed E-state index contributed by atoms with van der Waals surface area (Å²) in [6.45, 7) is 5.54. The first-order valence-corrected chi connectivity index (χ1v) is 6.69. The molecule has 0 bridgehead atoms. The zero-order chi connectivity index (χ0) is 12.5. The number of morpholine rings is 1. The lowest BCUT2D eigenvalue weighted by Crippen LogP contribution is -2.46. The lowest BCUT2D eigenvalue weighted by Gasteiger charge is -2.31. The topological polar surface area (TPSA) is 38.8 Å². The van der Waals surface area contributed by atoms with Crippen LogP contribution >= 0.6 is 0 Å². The molecule has 1 unspecified atom stereocenters. The van der Waals surface area contributed by atoms with Gasteiger partial charge < -0.3 is 9.47 Å². The number of nitrogens with zero attached hydrogens (tertiary/aromatic N) is 1. The molecule has 0 amide bonds. The van der Waals surface area contributed by atoms with Gasteiger partial charge in [0.05, 0.1) is 13.7 Å². The van der Waals surface area contributed by atoms with Crippen molar-refractivity contribution < 1.29 is 14.3 Å². The van der Waals surface area contributed by atoms with Crippen molar-refractivity contribution in [3.63, 3.8) is 0 Å². The van der Waals surface area contributed by atoms with Crippen LogP contribution in [0.25, 0.3) is 0 Å². The van der Waals surface area contributed by atoms with Gasteiger partial charge in [-0.05, 0) is 13.0 Å². The molecule has 4 nitrogen and oxygen atoms in total. The molecule has 0 aliphatic carbocycles. The summed E-state index contributed by atoms with van der Waals surface area (Å²) in [5.41, 5.74) is 0. The fraction of sp³-hybridized carbons (Fsp3) is 0.923. The number of unbranched alkanes of at least 4 members (excludes halogenated alkanes) is 4. The Bertz CT molecular complexity index is 221. The maximum Gasteiger partial charge on any atom is 0.336 e. The van der Waals surface area contributed by atoms with E-state index in [-0.39, 0.29) is 12.1 Å². The van der Waals surface area contributed by atoms with E-state index in [4.69, 9.17) is 9.47 Å². The Balaban J connectivity index is 2.14. The molecule has 4 heteroatoms. The second kappa shape index (κ2) is 8.48. The van der Waals surface area contributed by atoms with Gasteiger partial charge in [-0.25, -0.2) is 4.79 Å². The van der Waals surface area contributed by atoms with E-state index in [2.05, 4.69) is 11.8 Å². The van der Waals surface area contributed by atoms with Crippen LogP contribution in [0, 0.1) is 0 Å². The van der Waals surface area contributed by atoms with Crippen molar-refractivity contribution >= 4 is 5.97 Å². The van der Waals surface area contributed by atoms with Crippen molar-refractivity contribution in [2.24, 2.45) is 0 Å². The number of rotatable bonds is 7. The SMILES string of the molecule is CCCCCCCN1CCOC(C(=O)OC)C1. The van der Waals surface area contributed by atoms with Gasteiger partial charge in [0.1, 0.15) is 0 Å². The minimum atomic E-state index is -0.385. The lowest BCUT2D eigenvalue weighted by molar-refractivity contribution is -0.159. The molecule has 1 fully saturated rings. The molecule has 17 heavy (non-hydrogen) atoms. The fourth-order valence-electron chi connectivity index (χ4n) is 2.12. The quantitative estimate of drug-likeness (QED) is 0.505. The van der Waals surface area contributed by atoms with Crippen molar-refractivity contribution in [3.8, 4) is 0 Å². The molecular formula is C13H25NO3. The molecule has 100 valence electrons. The molecule has 1 rings (SSSR count). The molecule has 0 aromatic heterocycles. The fourth-order valence-corrected chi connectivity index (χ4v) is 2.12. The summed E-state index contributed by atoms with van der Waals surface area (Å²) in [4.78, 5) is 13.7. The van der Waals surface area contributed by atoms with E-state index in [1.165, 1.54) is 39.2 Å². The van der Waals surface area contributed by atoms with Gasteiger partial charge in [-0.2, -0.15) is 0 Å². The van der Waals surface area contributed by atoms with Crippen molar-refractivity contribution in [1.82, 2.24) is 4.90 Å². The molecule has 0 aromatic rings. The molecule has 1 aliphatic rings. The Morgan fingerprint density at radius 2 is 2.12 bits per heavy atom.